The van der Waals surface area contributed by atoms with Gasteiger partial charge in [0.2, 0.25) is 0 Å². The zero-order valence-electron chi connectivity index (χ0n) is 10.3. The average molecular weight is 261 g/mol. The Morgan fingerprint density at radius 2 is 2.05 bits per heavy atom. The van der Waals surface area contributed by atoms with Gasteiger partial charge in [0.25, 0.3) is 5.91 Å². The summed E-state index contributed by atoms with van der Waals surface area (Å²) >= 11 is 0. The molecule has 3 N–H and O–H groups in total. The van der Waals surface area contributed by atoms with E-state index in [0.717, 1.165) is 5.56 Å². The van der Waals surface area contributed by atoms with E-state index in [-0.39, 0.29) is 24.8 Å². The van der Waals surface area contributed by atoms with Crippen molar-refractivity contribution >= 4 is 17.8 Å². The van der Waals surface area contributed by atoms with Gasteiger partial charge in [-0.1, -0.05) is 30.3 Å². The van der Waals surface area contributed by atoms with Crippen molar-refractivity contribution in [3.8, 4) is 0 Å². The first kappa shape index (κ1) is 13.1. The van der Waals surface area contributed by atoms with Gasteiger partial charge in [-0.2, -0.15) is 0 Å². The summed E-state index contributed by atoms with van der Waals surface area (Å²) in [6, 6.07) is 8.97. The Morgan fingerprint density at radius 3 is 2.68 bits per heavy atom. The highest BCUT2D eigenvalue weighted by atomic mass is 16.4. The summed E-state index contributed by atoms with van der Waals surface area (Å²) in [5.41, 5.74) is 6.66. The van der Waals surface area contributed by atoms with E-state index in [1.807, 2.05) is 30.3 Å². The summed E-state index contributed by atoms with van der Waals surface area (Å²) in [5.74, 6) is -1.10. The highest BCUT2D eigenvalue weighted by Gasteiger charge is 2.33. The number of benzene rings is 1. The smallest absolute Gasteiger partial charge is 0.305 e. The summed E-state index contributed by atoms with van der Waals surface area (Å²) in [6.07, 6.45) is 0.337. The minimum atomic E-state index is -0.966. The summed E-state index contributed by atoms with van der Waals surface area (Å²) in [4.78, 5) is 27.9. The topological polar surface area (TPSA) is 96.0 Å². The Morgan fingerprint density at radius 1 is 1.37 bits per heavy atom. The SMILES string of the molecule is NC1=NC(Cc2ccccc2)C(=O)N1CCC(=O)O. The minimum absolute atomic E-state index is 0.0643. The molecule has 0 saturated heterocycles. The number of carbonyl (C=O) groups is 2. The van der Waals surface area contributed by atoms with Crippen molar-refractivity contribution < 1.29 is 14.7 Å². The molecule has 1 amide bonds. The van der Waals surface area contributed by atoms with Crippen LogP contribution in [0.15, 0.2) is 35.3 Å². The van der Waals surface area contributed by atoms with Gasteiger partial charge in [-0.25, -0.2) is 4.99 Å². The van der Waals surface area contributed by atoms with Crippen molar-refractivity contribution in [2.24, 2.45) is 10.7 Å². The first-order valence-corrected chi connectivity index (χ1v) is 5.98. The number of nitrogens with zero attached hydrogens (tertiary/aromatic N) is 2. The van der Waals surface area contributed by atoms with E-state index in [4.69, 9.17) is 10.8 Å². The summed E-state index contributed by atoms with van der Waals surface area (Å²) < 4.78 is 0. The molecule has 0 saturated carbocycles. The van der Waals surface area contributed by atoms with E-state index in [1.165, 1.54) is 4.90 Å². The van der Waals surface area contributed by atoms with E-state index >= 15 is 0 Å². The van der Waals surface area contributed by atoms with Crippen molar-refractivity contribution in [1.82, 2.24) is 4.90 Å². The molecule has 0 aromatic heterocycles. The number of aliphatic carboxylic acids is 1. The summed E-state index contributed by atoms with van der Waals surface area (Å²) in [6.45, 7) is 0.0643. The molecule has 1 heterocycles. The van der Waals surface area contributed by atoms with Crippen LogP contribution < -0.4 is 5.73 Å². The van der Waals surface area contributed by atoms with Crippen molar-refractivity contribution in [2.75, 3.05) is 6.54 Å². The van der Waals surface area contributed by atoms with Gasteiger partial charge in [0.15, 0.2) is 5.96 Å². The monoisotopic (exact) mass is 261 g/mol. The van der Waals surface area contributed by atoms with Gasteiger partial charge in [-0.3, -0.25) is 14.5 Å². The van der Waals surface area contributed by atoms with Gasteiger partial charge < -0.3 is 10.8 Å². The number of hydrogen-bond donors (Lipinski definition) is 2. The molecule has 1 unspecified atom stereocenters. The Kier molecular flexibility index (Phi) is 3.79. The highest BCUT2D eigenvalue weighted by molar-refractivity contribution is 6.04. The maximum Gasteiger partial charge on any atom is 0.305 e. The number of nitrogens with two attached hydrogens (primary N) is 1. The van der Waals surface area contributed by atoms with Gasteiger partial charge in [0, 0.05) is 13.0 Å². The molecule has 0 fully saturated rings. The molecule has 0 radical (unpaired) electrons. The van der Waals surface area contributed by atoms with Crippen LogP contribution >= 0.6 is 0 Å². The van der Waals surface area contributed by atoms with Gasteiger partial charge >= 0.3 is 5.97 Å². The molecule has 2 rings (SSSR count). The minimum Gasteiger partial charge on any atom is -0.481 e. The van der Waals surface area contributed by atoms with Crippen LogP contribution in [0.1, 0.15) is 12.0 Å². The van der Waals surface area contributed by atoms with Crippen LogP contribution in [0.3, 0.4) is 0 Å². The predicted octanol–water partition coefficient (Wildman–Crippen LogP) is 0.229. The molecular formula is C13H15N3O3. The maximum absolute atomic E-state index is 12.1. The quantitative estimate of drug-likeness (QED) is 0.793. The second-order valence-electron chi connectivity index (χ2n) is 4.33. The van der Waals surface area contributed by atoms with Gasteiger partial charge in [0.1, 0.15) is 6.04 Å². The highest BCUT2D eigenvalue weighted by Crippen LogP contribution is 2.14. The lowest BCUT2D eigenvalue weighted by Crippen LogP contribution is -2.40. The Hall–Kier alpha value is -2.37. The third kappa shape index (κ3) is 3.09. The zero-order valence-corrected chi connectivity index (χ0v) is 10.3. The van der Waals surface area contributed by atoms with E-state index in [1.54, 1.807) is 0 Å². The van der Waals surface area contributed by atoms with Crippen LogP contribution in [-0.2, 0) is 16.0 Å². The molecular weight excluding hydrogens is 246 g/mol. The van der Waals surface area contributed by atoms with Crippen LogP contribution in [0.4, 0.5) is 0 Å². The molecule has 6 nitrogen and oxygen atoms in total. The van der Waals surface area contributed by atoms with Gasteiger partial charge in [0.05, 0.1) is 6.42 Å². The molecule has 1 aromatic rings. The van der Waals surface area contributed by atoms with Gasteiger partial charge in [-0.15, -0.1) is 0 Å². The molecule has 6 heteroatoms. The first-order valence-electron chi connectivity index (χ1n) is 5.98. The van der Waals surface area contributed by atoms with Crippen molar-refractivity contribution in [1.29, 1.82) is 0 Å². The lowest BCUT2D eigenvalue weighted by atomic mass is 10.1. The molecule has 1 aliphatic heterocycles. The third-order valence-corrected chi connectivity index (χ3v) is 2.94. The standard InChI is InChI=1S/C13H15N3O3/c14-13-15-10(8-9-4-2-1-3-5-9)12(19)16(13)7-6-11(17)18/h1-5,10H,6-8H2,(H2,14,15)(H,17,18). The van der Waals surface area contributed by atoms with Crippen LogP contribution in [0, 0.1) is 0 Å². The molecule has 100 valence electrons. The largest absolute Gasteiger partial charge is 0.481 e. The van der Waals surface area contributed by atoms with E-state index in [2.05, 4.69) is 4.99 Å². The number of guanidine groups is 1. The normalized spacial score (nSPS) is 18.5. The van der Waals surface area contributed by atoms with Crippen LogP contribution in [0.25, 0.3) is 0 Å². The van der Waals surface area contributed by atoms with Crippen LogP contribution in [-0.4, -0.2) is 40.4 Å². The number of aliphatic imine (C=N–C) groups is 1. The fourth-order valence-corrected chi connectivity index (χ4v) is 1.98. The third-order valence-electron chi connectivity index (χ3n) is 2.94. The molecule has 0 spiro atoms. The molecule has 1 aromatic carbocycles. The average Bonchev–Trinajstić information content (AvgIpc) is 2.63. The Labute approximate surface area is 110 Å². The molecule has 0 bridgehead atoms. The van der Waals surface area contributed by atoms with Crippen molar-refractivity contribution in [3.05, 3.63) is 35.9 Å². The number of amides is 1. The first-order chi connectivity index (χ1) is 9.08. The van der Waals surface area contributed by atoms with E-state index < -0.39 is 12.0 Å². The molecule has 19 heavy (non-hydrogen) atoms. The van der Waals surface area contributed by atoms with Crippen LogP contribution in [0.2, 0.25) is 0 Å². The van der Waals surface area contributed by atoms with E-state index in [9.17, 15) is 9.59 Å². The van der Waals surface area contributed by atoms with Crippen LogP contribution in [0.5, 0.6) is 0 Å². The zero-order chi connectivity index (χ0) is 13.8. The lowest BCUT2D eigenvalue weighted by molar-refractivity contribution is -0.137. The fourth-order valence-electron chi connectivity index (χ4n) is 1.98. The van der Waals surface area contributed by atoms with Crippen molar-refractivity contribution in [2.45, 2.75) is 18.9 Å². The second kappa shape index (κ2) is 5.51. The number of carbonyl (C=O) groups excluding carboxylic acids is 1. The lowest BCUT2D eigenvalue weighted by Gasteiger charge is -2.15. The maximum atomic E-state index is 12.1. The van der Waals surface area contributed by atoms with E-state index in [0.29, 0.717) is 6.42 Å². The number of carboxylic acids is 1. The molecule has 0 aliphatic carbocycles. The molecule has 1 atom stereocenters. The van der Waals surface area contributed by atoms with Gasteiger partial charge in [-0.05, 0) is 5.56 Å². The number of hydrogen-bond acceptors (Lipinski definition) is 4. The summed E-state index contributed by atoms with van der Waals surface area (Å²) in [5, 5.41) is 8.63. The number of carboxylic acid groups (broad SMARTS) is 1. The molecule has 1 aliphatic rings. The number of rotatable bonds is 5. The summed E-state index contributed by atoms with van der Waals surface area (Å²) in [7, 11) is 0. The Balaban J connectivity index is 2.01. The predicted molar refractivity (Wildman–Crippen MR) is 69.5 cm³/mol. The fraction of sp³-hybridized carbons (Fsp3) is 0.308. The second-order valence-corrected chi connectivity index (χ2v) is 4.33. The Bertz CT molecular complexity index is 513. The van der Waals surface area contributed by atoms with Crippen molar-refractivity contribution in [3.63, 3.8) is 0 Å².